The highest BCUT2D eigenvalue weighted by molar-refractivity contribution is 6.18. The molecular formula is C61H49NO. The Bertz CT molecular complexity index is 3170. The molecule has 1 aromatic heterocycles. The van der Waals surface area contributed by atoms with E-state index in [1.807, 2.05) is 0 Å². The van der Waals surface area contributed by atoms with Crippen molar-refractivity contribution >= 4 is 39.0 Å². The number of nitrogens with zero attached hydrogens (tertiary/aromatic N) is 1. The summed E-state index contributed by atoms with van der Waals surface area (Å²) in [5.74, 6) is 0.834. The van der Waals surface area contributed by atoms with E-state index in [1.165, 1.54) is 98.8 Å². The Hall–Kier alpha value is -7.16. The van der Waals surface area contributed by atoms with Gasteiger partial charge in [0.25, 0.3) is 0 Å². The highest BCUT2D eigenvalue weighted by Gasteiger charge is 2.50. The van der Waals surface area contributed by atoms with Crippen molar-refractivity contribution in [1.29, 1.82) is 0 Å². The quantitative estimate of drug-likeness (QED) is 0.152. The fourth-order valence-corrected chi connectivity index (χ4v) is 11.4. The Morgan fingerprint density at radius 2 is 1.19 bits per heavy atom. The summed E-state index contributed by atoms with van der Waals surface area (Å²) >= 11 is 0. The van der Waals surface area contributed by atoms with Crippen LogP contribution in [0.2, 0.25) is 0 Å². The second-order valence-electron chi connectivity index (χ2n) is 17.7. The lowest BCUT2D eigenvalue weighted by Gasteiger charge is -2.39. The highest BCUT2D eigenvalue weighted by atomic mass is 16.3. The summed E-state index contributed by atoms with van der Waals surface area (Å²) in [7, 11) is 0. The molecule has 2 heteroatoms. The van der Waals surface area contributed by atoms with E-state index in [1.54, 1.807) is 0 Å². The van der Waals surface area contributed by atoms with E-state index in [0.29, 0.717) is 5.92 Å². The van der Waals surface area contributed by atoms with Gasteiger partial charge in [0.2, 0.25) is 0 Å². The maximum atomic E-state index is 7.07. The minimum Gasteiger partial charge on any atom is -0.455 e. The van der Waals surface area contributed by atoms with Crippen molar-refractivity contribution in [2.75, 3.05) is 4.90 Å². The molecule has 304 valence electrons. The first-order valence-electron chi connectivity index (χ1n) is 22.9. The zero-order valence-corrected chi connectivity index (χ0v) is 35.5. The lowest BCUT2D eigenvalue weighted by Crippen LogP contribution is -2.35. The van der Waals surface area contributed by atoms with Crippen LogP contribution in [-0.4, -0.2) is 0 Å². The third-order valence-corrected chi connectivity index (χ3v) is 14.3. The first-order chi connectivity index (χ1) is 31.3. The molecule has 0 saturated heterocycles. The average Bonchev–Trinajstić information content (AvgIpc) is 3.90. The molecule has 0 spiro atoms. The van der Waals surface area contributed by atoms with Gasteiger partial charge in [-0.25, -0.2) is 0 Å². The SMILES string of the molecule is C1=CCC(C2(c3ccccc3)c3ccccc3-c3c2cc(-c2ccc(N(c4ccc(-c5ccccc5)cc4)c4cccc(C5CCCCC5)c4)cc2)c2c3oc3ccccc32)C=C1. The summed E-state index contributed by atoms with van der Waals surface area (Å²) in [6.45, 7) is 0. The van der Waals surface area contributed by atoms with Crippen molar-refractivity contribution in [3.05, 3.63) is 235 Å². The maximum absolute atomic E-state index is 7.07. The van der Waals surface area contributed by atoms with Gasteiger partial charge in [-0.15, -0.1) is 0 Å². The number of hydrogen-bond acceptors (Lipinski definition) is 2. The van der Waals surface area contributed by atoms with E-state index in [4.69, 9.17) is 4.42 Å². The maximum Gasteiger partial charge on any atom is 0.144 e. The van der Waals surface area contributed by atoms with Crippen LogP contribution in [0.25, 0.3) is 55.3 Å². The van der Waals surface area contributed by atoms with Crippen LogP contribution < -0.4 is 4.90 Å². The van der Waals surface area contributed by atoms with E-state index in [-0.39, 0.29) is 5.92 Å². The minimum absolute atomic E-state index is 0.218. The normalized spacial score (nSPS) is 18.1. The van der Waals surface area contributed by atoms with Crippen LogP contribution in [0, 0.1) is 5.92 Å². The molecule has 3 aliphatic carbocycles. The van der Waals surface area contributed by atoms with E-state index < -0.39 is 5.41 Å². The number of rotatable bonds is 8. The van der Waals surface area contributed by atoms with E-state index in [9.17, 15) is 0 Å². The summed E-state index contributed by atoms with van der Waals surface area (Å²) in [5.41, 5.74) is 17.6. The largest absolute Gasteiger partial charge is 0.455 e. The van der Waals surface area contributed by atoms with Gasteiger partial charge in [-0.1, -0.05) is 183 Å². The van der Waals surface area contributed by atoms with Crippen molar-refractivity contribution in [1.82, 2.24) is 0 Å². The fraction of sp³-hybridized carbons (Fsp3) is 0.148. The van der Waals surface area contributed by atoms with Crippen LogP contribution in [0.15, 0.2) is 217 Å². The molecule has 63 heavy (non-hydrogen) atoms. The average molecular weight is 812 g/mol. The lowest BCUT2D eigenvalue weighted by molar-refractivity contribution is 0.443. The molecule has 1 heterocycles. The van der Waals surface area contributed by atoms with Gasteiger partial charge in [-0.2, -0.15) is 0 Å². The van der Waals surface area contributed by atoms with Crippen LogP contribution in [0.5, 0.6) is 0 Å². The molecule has 8 aromatic carbocycles. The van der Waals surface area contributed by atoms with Gasteiger partial charge >= 0.3 is 0 Å². The topological polar surface area (TPSA) is 16.4 Å². The zero-order chi connectivity index (χ0) is 41.7. The Labute approximate surface area is 370 Å². The molecule has 0 bridgehead atoms. The molecule has 1 fully saturated rings. The minimum atomic E-state index is -0.414. The molecule has 2 unspecified atom stereocenters. The number of para-hydroxylation sites is 1. The number of allylic oxidation sites excluding steroid dienone is 4. The van der Waals surface area contributed by atoms with Crippen LogP contribution in [0.4, 0.5) is 17.1 Å². The van der Waals surface area contributed by atoms with Crippen molar-refractivity contribution in [3.63, 3.8) is 0 Å². The number of hydrogen-bond donors (Lipinski definition) is 0. The number of anilines is 3. The third-order valence-electron chi connectivity index (χ3n) is 14.3. The third kappa shape index (κ3) is 6.22. The predicted octanol–water partition coefficient (Wildman–Crippen LogP) is 16.9. The van der Waals surface area contributed by atoms with Gasteiger partial charge < -0.3 is 9.32 Å². The second kappa shape index (κ2) is 15.6. The molecular weight excluding hydrogens is 763 g/mol. The molecule has 2 atom stereocenters. The second-order valence-corrected chi connectivity index (χ2v) is 17.7. The Balaban J connectivity index is 1.05. The summed E-state index contributed by atoms with van der Waals surface area (Å²) in [4.78, 5) is 2.44. The molecule has 0 N–H and O–H groups in total. The summed E-state index contributed by atoms with van der Waals surface area (Å²) in [5, 5.41) is 2.31. The van der Waals surface area contributed by atoms with Crippen LogP contribution in [0.3, 0.4) is 0 Å². The number of fused-ring (bicyclic) bond motifs is 7. The number of benzene rings is 8. The predicted molar refractivity (Wildman–Crippen MR) is 263 cm³/mol. The van der Waals surface area contributed by atoms with Crippen molar-refractivity contribution in [2.24, 2.45) is 5.92 Å². The first-order valence-corrected chi connectivity index (χ1v) is 22.9. The molecule has 0 amide bonds. The molecule has 1 saturated carbocycles. The molecule has 3 aliphatic rings. The zero-order valence-electron chi connectivity index (χ0n) is 35.5. The van der Waals surface area contributed by atoms with Gasteiger partial charge in [-0.05, 0) is 130 Å². The first kappa shape index (κ1) is 37.6. The van der Waals surface area contributed by atoms with Gasteiger partial charge in [0.05, 0.1) is 5.41 Å². The molecule has 9 aromatic rings. The number of furan rings is 1. The van der Waals surface area contributed by atoms with Gasteiger partial charge in [0, 0.05) is 33.4 Å². The van der Waals surface area contributed by atoms with Gasteiger partial charge in [-0.3, -0.25) is 0 Å². The molecule has 0 aliphatic heterocycles. The highest BCUT2D eigenvalue weighted by Crippen LogP contribution is 2.61. The van der Waals surface area contributed by atoms with Crippen LogP contribution in [0.1, 0.15) is 66.7 Å². The molecule has 0 radical (unpaired) electrons. The van der Waals surface area contributed by atoms with Crippen LogP contribution >= 0.6 is 0 Å². The Morgan fingerprint density at radius 1 is 0.508 bits per heavy atom. The monoisotopic (exact) mass is 811 g/mol. The van der Waals surface area contributed by atoms with Crippen molar-refractivity contribution < 1.29 is 4.42 Å². The van der Waals surface area contributed by atoms with Crippen molar-refractivity contribution in [2.45, 2.75) is 49.9 Å². The Morgan fingerprint density at radius 3 is 1.95 bits per heavy atom. The summed E-state index contributed by atoms with van der Waals surface area (Å²) in [6.07, 6.45) is 16.7. The van der Waals surface area contributed by atoms with E-state index in [0.717, 1.165) is 34.3 Å². The van der Waals surface area contributed by atoms with Crippen LogP contribution in [-0.2, 0) is 5.41 Å². The smallest absolute Gasteiger partial charge is 0.144 e. The van der Waals surface area contributed by atoms with E-state index >= 15 is 0 Å². The lowest BCUT2D eigenvalue weighted by atomic mass is 9.62. The summed E-state index contributed by atoms with van der Waals surface area (Å²) in [6, 6.07) is 69.8. The molecule has 12 rings (SSSR count). The Kier molecular flexibility index (Phi) is 9.33. The van der Waals surface area contributed by atoms with Crippen molar-refractivity contribution in [3.8, 4) is 33.4 Å². The van der Waals surface area contributed by atoms with E-state index in [2.05, 4.69) is 217 Å². The summed E-state index contributed by atoms with van der Waals surface area (Å²) < 4.78 is 7.07. The standard InChI is InChI=1S/C61H49NO/c1-5-18-42(19-6-1)44-32-36-49(37-33-44)62(51-27-17-22-46(40-51)43-20-7-2-8-21-43)50-38-34-45(35-39-50)54-41-56-59(60-58(54)53-29-14-16-31-57(53)63-60)52-28-13-15-30-55(52)61(56,47-23-9-3-10-24-47)48-25-11-4-12-26-48/h1,3-6,9-19,22-25,27-41,43,48H,2,7-8,20-21,26H2. The fourth-order valence-electron chi connectivity index (χ4n) is 11.4. The van der Waals surface area contributed by atoms with Gasteiger partial charge in [0.1, 0.15) is 11.2 Å². The molecule has 2 nitrogen and oxygen atoms in total. The van der Waals surface area contributed by atoms with Gasteiger partial charge in [0.15, 0.2) is 0 Å².